The highest BCUT2D eigenvalue weighted by Gasteiger charge is 2.43. The van der Waals surface area contributed by atoms with Gasteiger partial charge in [0, 0.05) is 50.4 Å². The molecule has 4 rings (SSSR count). The minimum atomic E-state index is -0.576. The molecule has 30 heavy (non-hydrogen) atoms. The van der Waals surface area contributed by atoms with Crippen LogP contribution in [0.2, 0.25) is 0 Å². The van der Waals surface area contributed by atoms with Crippen molar-refractivity contribution < 1.29 is 23.9 Å². The molecule has 0 saturated carbocycles. The Morgan fingerprint density at radius 3 is 2.50 bits per heavy atom. The summed E-state index contributed by atoms with van der Waals surface area (Å²) < 4.78 is 11.5. The fraction of sp³-hybridized carbons (Fsp3) is 0.375. The molecule has 2 aliphatic rings. The minimum Gasteiger partial charge on any atom is -0.497 e. The van der Waals surface area contributed by atoms with E-state index in [0.29, 0.717) is 55.0 Å². The molecule has 0 radical (unpaired) electrons. The average Bonchev–Trinajstić information content (AvgIpc) is 2.77. The molecule has 2 aromatic carbocycles. The van der Waals surface area contributed by atoms with Gasteiger partial charge in [-0.25, -0.2) is 0 Å². The number of hydrogen-bond acceptors (Lipinski definition) is 5. The maximum Gasteiger partial charge on any atom is 0.223 e. The van der Waals surface area contributed by atoms with Gasteiger partial charge in [0.2, 0.25) is 5.91 Å². The van der Waals surface area contributed by atoms with E-state index in [9.17, 15) is 14.4 Å². The molecule has 0 bridgehead atoms. The number of likely N-dealkylation sites (tertiary alicyclic amines) is 1. The topological polar surface area (TPSA) is 72.9 Å². The number of benzene rings is 2. The maximum atomic E-state index is 12.6. The van der Waals surface area contributed by atoms with Crippen LogP contribution >= 0.6 is 0 Å². The van der Waals surface area contributed by atoms with Gasteiger partial charge in [0.15, 0.2) is 11.6 Å². The third-order valence-electron chi connectivity index (χ3n) is 5.99. The normalized spacial score (nSPS) is 17.2. The predicted molar refractivity (Wildman–Crippen MR) is 111 cm³/mol. The van der Waals surface area contributed by atoms with Gasteiger partial charge < -0.3 is 14.4 Å². The molecular formula is C24H25NO5. The van der Waals surface area contributed by atoms with Crippen molar-refractivity contribution in [2.45, 2.75) is 37.7 Å². The van der Waals surface area contributed by atoms with Crippen LogP contribution in [0, 0.1) is 0 Å². The molecule has 1 spiro atoms. The van der Waals surface area contributed by atoms with Crippen LogP contribution in [0.1, 0.15) is 52.8 Å². The molecule has 0 atom stereocenters. The van der Waals surface area contributed by atoms with Crippen molar-refractivity contribution in [3.05, 3.63) is 59.7 Å². The summed E-state index contributed by atoms with van der Waals surface area (Å²) in [6.45, 7) is 1.04. The quantitative estimate of drug-likeness (QED) is 0.707. The number of carbonyl (C=O) groups is 3. The number of ether oxygens (including phenoxy) is 2. The third kappa shape index (κ3) is 4.08. The summed E-state index contributed by atoms with van der Waals surface area (Å²) in [6, 6.07) is 14.3. The van der Waals surface area contributed by atoms with Crippen molar-refractivity contribution in [1.82, 2.24) is 4.90 Å². The Morgan fingerprint density at radius 2 is 1.80 bits per heavy atom. The van der Waals surface area contributed by atoms with Gasteiger partial charge >= 0.3 is 0 Å². The number of carbonyl (C=O) groups excluding carboxylic acids is 3. The highest BCUT2D eigenvalue weighted by molar-refractivity contribution is 6.00. The lowest BCUT2D eigenvalue weighted by atomic mass is 9.82. The second-order valence-electron chi connectivity index (χ2n) is 7.92. The molecule has 0 unspecified atom stereocenters. The van der Waals surface area contributed by atoms with Gasteiger partial charge in [0.1, 0.15) is 17.1 Å². The van der Waals surface area contributed by atoms with Crippen LogP contribution in [0.15, 0.2) is 48.5 Å². The first-order valence-corrected chi connectivity index (χ1v) is 10.3. The smallest absolute Gasteiger partial charge is 0.223 e. The zero-order valence-electron chi connectivity index (χ0n) is 17.1. The van der Waals surface area contributed by atoms with Crippen molar-refractivity contribution in [2.24, 2.45) is 0 Å². The standard InChI is InChI=1S/C24H25NO5/c1-29-18-7-8-19-21(27)16-24(30-22(19)15-18)11-13-25(14-12-24)23(28)10-9-20(26)17-5-3-2-4-6-17/h2-8,15H,9-14,16H2,1H3. The lowest BCUT2D eigenvalue weighted by Gasteiger charge is -2.44. The molecule has 156 valence electrons. The van der Waals surface area contributed by atoms with E-state index < -0.39 is 5.60 Å². The van der Waals surface area contributed by atoms with E-state index in [1.807, 2.05) is 18.2 Å². The molecule has 6 nitrogen and oxygen atoms in total. The fourth-order valence-corrected chi connectivity index (χ4v) is 4.19. The first-order valence-electron chi connectivity index (χ1n) is 10.3. The first kappa shape index (κ1) is 20.1. The van der Waals surface area contributed by atoms with E-state index in [1.165, 1.54) is 0 Å². The van der Waals surface area contributed by atoms with Gasteiger partial charge in [-0.1, -0.05) is 30.3 Å². The van der Waals surface area contributed by atoms with Crippen LogP contribution in [0.5, 0.6) is 11.5 Å². The van der Waals surface area contributed by atoms with E-state index in [4.69, 9.17) is 9.47 Å². The van der Waals surface area contributed by atoms with Gasteiger partial charge in [-0.3, -0.25) is 14.4 Å². The number of hydrogen-bond donors (Lipinski definition) is 0. The molecule has 0 N–H and O–H groups in total. The summed E-state index contributed by atoms with van der Waals surface area (Å²) in [4.78, 5) is 39.3. The first-order chi connectivity index (χ1) is 14.5. The van der Waals surface area contributed by atoms with E-state index in [-0.39, 0.29) is 30.3 Å². The molecule has 0 aromatic heterocycles. The van der Waals surface area contributed by atoms with Crippen molar-refractivity contribution >= 4 is 17.5 Å². The lowest BCUT2D eigenvalue weighted by Crippen LogP contribution is -2.52. The number of rotatable bonds is 5. The Labute approximate surface area is 175 Å². The largest absolute Gasteiger partial charge is 0.497 e. The summed E-state index contributed by atoms with van der Waals surface area (Å²) in [5.41, 5.74) is 0.637. The van der Waals surface area contributed by atoms with Crippen LogP contribution in [0.3, 0.4) is 0 Å². The summed E-state index contributed by atoms with van der Waals surface area (Å²) in [5, 5.41) is 0. The molecule has 1 amide bonds. The summed E-state index contributed by atoms with van der Waals surface area (Å²) >= 11 is 0. The van der Waals surface area contributed by atoms with Gasteiger partial charge in [-0.05, 0) is 12.1 Å². The van der Waals surface area contributed by atoms with Crippen LogP contribution in [-0.4, -0.2) is 48.2 Å². The SMILES string of the molecule is COc1ccc2c(c1)OC1(CCN(C(=O)CCC(=O)c3ccccc3)CC1)CC2=O. The van der Waals surface area contributed by atoms with E-state index in [2.05, 4.69) is 0 Å². The maximum absolute atomic E-state index is 12.6. The number of ketones is 2. The van der Waals surface area contributed by atoms with Crippen molar-refractivity contribution in [1.29, 1.82) is 0 Å². The Kier molecular flexibility index (Phi) is 5.57. The van der Waals surface area contributed by atoms with Crippen LogP contribution in [0.4, 0.5) is 0 Å². The van der Waals surface area contributed by atoms with Crippen LogP contribution < -0.4 is 9.47 Å². The van der Waals surface area contributed by atoms with Gasteiger partial charge in [0.25, 0.3) is 0 Å². The summed E-state index contributed by atoms with van der Waals surface area (Å²) in [5.74, 6) is 1.21. The summed E-state index contributed by atoms with van der Waals surface area (Å²) in [6.07, 6.45) is 1.90. The fourth-order valence-electron chi connectivity index (χ4n) is 4.19. The molecule has 1 fully saturated rings. The predicted octanol–water partition coefficient (Wildman–Crippen LogP) is 3.68. The molecule has 1 saturated heterocycles. The Bertz CT molecular complexity index is 961. The van der Waals surface area contributed by atoms with Crippen LogP contribution in [-0.2, 0) is 4.79 Å². The van der Waals surface area contributed by atoms with E-state index in [1.54, 1.807) is 42.3 Å². The zero-order valence-corrected chi connectivity index (χ0v) is 17.1. The highest BCUT2D eigenvalue weighted by atomic mass is 16.5. The number of nitrogens with zero attached hydrogens (tertiary/aromatic N) is 1. The molecule has 6 heteroatoms. The second kappa shape index (κ2) is 8.30. The van der Waals surface area contributed by atoms with Gasteiger partial charge in [0.05, 0.1) is 19.1 Å². The number of methoxy groups -OCH3 is 1. The third-order valence-corrected chi connectivity index (χ3v) is 5.99. The van der Waals surface area contributed by atoms with Crippen LogP contribution in [0.25, 0.3) is 0 Å². The Balaban J connectivity index is 1.35. The van der Waals surface area contributed by atoms with Gasteiger partial charge in [-0.15, -0.1) is 0 Å². The Hall–Kier alpha value is -3.15. The molecule has 0 aliphatic carbocycles. The lowest BCUT2D eigenvalue weighted by molar-refractivity contribution is -0.134. The Morgan fingerprint density at radius 1 is 1.07 bits per heavy atom. The minimum absolute atomic E-state index is 0.0239. The number of Topliss-reactive ketones (excluding diaryl/α,β-unsaturated/α-hetero) is 2. The average molecular weight is 407 g/mol. The zero-order chi connectivity index (χ0) is 21.1. The number of fused-ring (bicyclic) bond motifs is 1. The van der Waals surface area contributed by atoms with Crippen molar-refractivity contribution in [3.63, 3.8) is 0 Å². The highest BCUT2D eigenvalue weighted by Crippen LogP contribution is 2.40. The molecule has 2 aliphatic heterocycles. The summed E-state index contributed by atoms with van der Waals surface area (Å²) in [7, 11) is 1.58. The number of amides is 1. The monoisotopic (exact) mass is 407 g/mol. The molecule has 2 heterocycles. The molecule has 2 aromatic rings. The van der Waals surface area contributed by atoms with Crippen molar-refractivity contribution in [3.8, 4) is 11.5 Å². The van der Waals surface area contributed by atoms with Gasteiger partial charge in [-0.2, -0.15) is 0 Å². The van der Waals surface area contributed by atoms with Crippen molar-refractivity contribution in [2.75, 3.05) is 20.2 Å². The number of piperidine rings is 1. The van der Waals surface area contributed by atoms with E-state index >= 15 is 0 Å². The van der Waals surface area contributed by atoms with E-state index in [0.717, 1.165) is 0 Å². The molecular weight excluding hydrogens is 382 g/mol. The second-order valence-corrected chi connectivity index (χ2v) is 7.92.